The van der Waals surface area contributed by atoms with Crippen LogP contribution in [0.2, 0.25) is 0 Å². The first-order chi connectivity index (χ1) is 15.4. The van der Waals surface area contributed by atoms with Crippen LogP contribution in [-0.4, -0.2) is 16.2 Å². The molecule has 0 aliphatic carbocycles. The van der Waals surface area contributed by atoms with E-state index < -0.39 is 16.9 Å². The van der Waals surface area contributed by atoms with Crippen LogP contribution in [0.1, 0.15) is 16.7 Å². The molecular formula is C24H22N2O6. The van der Waals surface area contributed by atoms with Gasteiger partial charge in [-0.15, -0.1) is 0 Å². The Hall–Kier alpha value is -4.07. The summed E-state index contributed by atoms with van der Waals surface area (Å²) in [6.07, 6.45) is 0.297. The molecule has 4 aromatic rings. The first-order valence-electron chi connectivity index (χ1n) is 9.95. The van der Waals surface area contributed by atoms with Gasteiger partial charge in [-0.05, 0) is 17.7 Å². The van der Waals surface area contributed by atoms with Crippen LogP contribution in [0.25, 0.3) is 11.0 Å². The second kappa shape index (κ2) is 8.58. The highest BCUT2D eigenvalue weighted by Gasteiger charge is 2.18. The van der Waals surface area contributed by atoms with Crippen molar-refractivity contribution in [1.82, 2.24) is 9.13 Å². The van der Waals surface area contributed by atoms with Crippen LogP contribution in [0.5, 0.6) is 11.6 Å². The molecule has 0 radical (unpaired) electrons. The number of hydrogen-bond donors (Lipinski definition) is 0. The second-order valence-electron chi connectivity index (χ2n) is 7.39. The van der Waals surface area contributed by atoms with E-state index in [1.54, 1.807) is 25.2 Å². The van der Waals surface area contributed by atoms with Gasteiger partial charge in [-0.2, -0.15) is 0 Å². The van der Waals surface area contributed by atoms with E-state index in [1.165, 1.54) is 24.8 Å². The van der Waals surface area contributed by atoms with E-state index in [0.29, 0.717) is 34.3 Å². The first kappa shape index (κ1) is 21.2. The predicted molar refractivity (Wildman–Crippen MR) is 120 cm³/mol. The Bertz CT molecular complexity index is 1460. The Morgan fingerprint density at radius 3 is 2.41 bits per heavy atom. The number of rotatable bonds is 6. The van der Waals surface area contributed by atoms with Crippen molar-refractivity contribution in [3.8, 4) is 11.6 Å². The van der Waals surface area contributed by atoms with E-state index >= 15 is 0 Å². The van der Waals surface area contributed by atoms with Gasteiger partial charge in [0, 0.05) is 43.6 Å². The summed E-state index contributed by atoms with van der Waals surface area (Å²) in [5.74, 6) is 0.717. The molecule has 32 heavy (non-hydrogen) atoms. The van der Waals surface area contributed by atoms with Gasteiger partial charge in [-0.25, -0.2) is 9.59 Å². The first-order valence-corrected chi connectivity index (χ1v) is 9.95. The lowest BCUT2D eigenvalue weighted by atomic mass is 10.1. The smallest absolute Gasteiger partial charge is 0.336 e. The molecule has 0 bridgehead atoms. The minimum absolute atomic E-state index is 0.0311. The van der Waals surface area contributed by atoms with Crippen molar-refractivity contribution in [2.75, 3.05) is 7.11 Å². The average Bonchev–Trinajstić information content (AvgIpc) is 2.80. The molecule has 0 saturated carbocycles. The van der Waals surface area contributed by atoms with Gasteiger partial charge in [-0.1, -0.05) is 30.3 Å². The summed E-state index contributed by atoms with van der Waals surface area (Å²) in [6.45, 7) is -0.0311. The van der Waals surface area contributed by atoms with Gasteiger partial charge in [-0.3, -0.25) is 13.9 Å². The highest BCUT2D eigenvalue weighted by molar-refractivity contribution is 5.81. The molecule has 0 saturated heterocycles. The van der Waals surface area contributed by atoms with Crippen molar-refractivity contribution in [2.45, 2.75) is 13.0 Å². The van der Waals surface area contributed by atoms with Crippen molar-refractivity contribution < 1.29 is 13.9 Å². The summed E-state index contributed by atoms with van der Waals surface area (Å²) >= 11 is 0. The molecule has 0 amide bonds. The van der Waals surface area contributed by atoms with Crippen LogP contribution >= 0.6 is 0 Å². The van der Waals surface area contributed by atoms with Crippen LogP contribution < -0.4 is 26.3 Å². The standard InChI is InChI=1S/C24H22N2O6/c1-25-22(28)19(11-15-7-5-4-6-8-15)23(26(2)24(25)29)31-14-16-12-21(27)32-20-13-17(30-3)9-10-18(16)20/h4-10,12-13H,11,14H2,1-3H3. The second-order valence-corrected chi connectivity index (χ2v) is 7.39. The van der Waals surface area contributed by atoms with E-state index in [4.69, 9.17) is 13.9 Å². The normalized spacial score (nSPS) is 11.0. The van der Waals surface area contributed by atoms with Crippen molar-refractivity contribution in [3.05, 3.63) is 103 Å². The number of aromatic nitrogens is 2. The fourth-order valence-electron chi connectivity index (χ4n) is 3.63. The van der Waals surface area contributed by atoms with Crippen molar-refractivity contribution >= 4 is 11.0 Å². The van der Waals surface area contributed by atoms with Gasteiger partial charge in [0.05, 0.1) is 12.7 Å². The Kier molecular flexibility index (Phi) is 5.68. The topological polar surface area (TPSA) is 92.7 Å². The van der Waals surface area contributed by atoms with Crippen molar-refractivity contribution in [2.24, 2.45) is 14.1 Å². The lowest BCUT2D eigenvalue weighted by Gasteiger charge is -2.16. The molecule has 0 N–H and O–H groups in total. The largest absolute Gasteiger partial charge is 0.497 e. The number of methoxy groups -OCH3 is 1. The van der Waals surface area contributed by atoms with Crippen molar-refractivity contribution in [1.29, 1.82) is 0 Å². The van der Waals surface area contributed by atoms with E-state index in [0.717, 1.165) is 10.1 Å². The molecule has 0 atom stereocenters. The summed E-state index contributed by atoms with van der Waals surface area (Å²) in [4.78, 5) is 37.5. The molecule has 0 aliphatic heterocycles. The lowest BCUT2D eigenvalue weighted by molar-refractivity contribution is 0.273. The van der Waals surface area contributed by atoms with Crippen LogP contribution in [0.15, 0.2) is 73.4 Å². The van der Waals surface area contributed by atoms with E-state index in [-0.39, 0.29) is 12.5 Å². The SMILES string of the molecule is COc1ccc2c(COc3c(Cc4ccccc4)c(=O)n(C)c(=O)n3C)cc(=O)oc2c1. The van der Waals surface area contributed by atoms with E-state index in [9.17, 15) is 14.4 Å². The summed E-state index contributed by atoms with van der Waals surface area (Å²) in [5, 5.41) is 0.670. The molecule has 2 aromatic heterocycles. The molecule has 0 fully saturated rings. The van der Waals surface area contributed by atoms with Crippen LogP contribution in [-0.2, 0) is 27.1 Å². The van der Waals surface area contributed by atoms with E-state index in [1.807, 2.05) is 30.3 Å². The minimum atomic E-state index is -0.535. The maximum Gasteiger partial charge on any atom is 0.336 e. The zero-order valence-corrected chi connectivity index (χ0v) is 18.0. The fraction of sp³-hybridized carbons (Fsp3) is 0.208. The number of benzene rings is 2. The monoisotopic (exact) mass is 434 g/mol. The predicted octanol–water partition coefficient (Wildman–Crippen LogP) is 2.37. The molecule has 0 unspecified atom stereocenters. The van der Waals surface area contributed by atoms with Crippen LogP contribution in [0.3, 0.4) is 0 Å². The summed E-state index contributed by atoms with van der Waals surface area (Å²) in [5.41, 5.74) is 0.737. The zero-order valence-electron chi connectivity index (χ0n) is 18.0. The minimum Gasteiger partial charge on any atom is -0.497 e. The van der Waals surface area contributed by atoms with Gasteiger partial charge >= 0.3 is 11.3 Å². The van der Waals surface area contributed by atoms with Gasteiger partial charge in [0.25, 0.3) is 5.56 Å². The highest BCUT2D eigenvalue weighted by atomic mass is 16.5. The molecule has 8 nitrogen and oxygen atoms in total. The molecule has 0 spiro atoms. The maximum absolute atomic E-state index is 12.9. The average molecular weight is 434 g/mol. The Balaban J connectivity index is 1.78. The molecule has 2 aromatic carbocycles. The van der Waals surface area contributed by atoms with Crippen molar-refractivity contribution in [3.63, 3.8) is 0 Å². The molecule has 0 aliphatic rings. The Morgan fingerprint density at radius 2 is 1.69 bits per heavy atom. The molecule has 8 heteroatoms. The molecule has 164 valence electrons. The summed E-state index contributed by atoms with van der Waals surface area (Å²) < 4.78 is 18.8. The third kappa shape index (κ3) is 3.94. The van der Waals surface area contributed by atoms with Gasteiger partial charge in [0.2, 0.25) is 5.88 Å². The lowest BCUT2D eigenvalue weighted by Crippen LogP contribution is -2.39. The molecular weight excluding hydrogens is 412 g/mol. The highest BCUT2D eigenvalue weighted by Crippen LogP contribution is 2.24. The summed E-state index contributed by atoms with van der Waals surface area (Å²) in [6, 6.07) is 15.9. The number of fused-ring (bicyclic) bond motifs is 1. The van der Waals surface area contributed by atoms with Gasteiger partial charge in [0.1, 0.15) is 17.9 Å². The van der Waals surface area contributed by atoms with Crippen LogP contribution in [0.4, 0.5) is 0 Å². The number of ether oxygens (including phenoxy) is 2. The zero-order chi connectivity index (χ0) is 22.8. The third-order valence-corrected chi connectivity index (χ3v) is 5.32. The van der Waals surface area contributed by atoms with Crippen LogP contribution in [0, 0.1) is 0 Å². The van der Waals surface area contributed by atoms with E-state index in [2.05, 4.69) is 0 Å². The molecule has 4 rings (SSSR count). The summed E-state index contributed by atoms with van der Waals surface area (Å²) in [7, 11) is 4.51. The Labute approximate surface area is 182 Å². The Morgan fingerprint density at radius 1 is 0.938 bits per heavy atom. The fourth-order valence-corrected chi connectivity index (χ4v) is 3.63. The quantitative estimate of drug-likeness (QED) is 0.433. The van der Waals surface area contributed by atoms with Gasteiger partial charge < -0.3 is 13.9 Å². The van der Waals surface area contributed by atoms with Gasteiger partial charge in [0.15, 0.2) is 0 Å². The number of nitrogens with zero attached hydrogens (tertiary/aromatic N) is 2. The number of hydrogen-bond acceptors (Lipinski definition) is 6. The third-order valence-electron chi connectivity index (χ3n) is 5.32. The molecule has 2 heterocycles. The maximum atomic E-state index is 12.9.